The number of nitrogens with one attached hydrogen (secondary N) is 1. The molecule has 0 radical (unpaired) electrons. The molecular weight excluding hydrogens is 480 g/mol. The molecule has 208 valence electrons. The van der Waals surface area contributed by atoms with Crippen LogP contribution in [-0.2, 0) is 15.1 Å². The average molecular weight is 525 g/mol. The Hall–Kier alpha value is -2.45. The molecule has 1 saturated heterocycles. The van der Waals surface area contributed by atoms with Gasteiger partial charge in [-0.2, -0.15) is 0 Å². The Kier molecular flexibility index (Phi) is 9.82. The van der Waals surface area contributed by atoms with Crippen molar-refractivity contribution in [2.45, 2.75) is 69.6 Å². The molecule has 7 nitrogen and oxygen atoms in total. The lowest BCUT2D eigenvalue weighted by Gasteiger charge is -2.44. The Morgan fingerprint density at radius 2 is 1.84 bits per heavy atom. The van der Waals surface area contributed by atoms with Crippen LogP contribution in [-0.4, -0.2) is 67.0 Å². The molecule has 1 amide bonds. The Bertz CT molecular complexity index is 1060. The standard InChI is InChI=1S/C31H44N2O5/c1-22-11-4-6-14-28(22)38-29-15-7-5-13-25(29)31(36,16-8-9-18-37-3)24-12-10-17-33(21-24)30(35)23-19-26(32-2)27(34)20-23/h4-7,11,13-15,23-24,26-27,32,34,36H,8-10,12,16-21H2,1-3H3/t23-,24-,26-,27+,31+/m1/s1. The SMILES string of the molecule is CN[C@@H]1C[C@@H](C(=O)N2CCC[C@@H]([C@@](O)(CCCCOC)c3ccccc3Oc3ccccc3C)C2)C[C@@H]1O. The third-order valence-electron chi connectivity index (χ3n) is 8.48. The summed E-state index contributed by atoms with van der Waals surface area (Å²) in [5.41, 5.74) is 0.639. The molecule has 2 aromatic carbocycles. The lowest BCUT2D eigenvalue weighted by molar-refractivity contribution is -0.141. The summed E-state index contributed by atoms with van der Waals surface area (Å²) in [6.07, 6.45) is 4.50. The zero-order valence-corrected chi connectivity index (χ0v) is 23.1. The second-order valence-corrected chi connectivity index (χ2v) is 11.0. The van der Waals surface area contributed by atoms with Crippen LogP contribution in [0.4, 0.5) is 0 Å². The van der Waals surface area contributed by atoms with Crippen LogP contribution in [0.15, 0.2) is 48.5 Å². The number of likely N-dealkylation sites (tertiary alicyclic amines) is 1. The molecule has 7 heteroatoms. The molecule has 38 heavy (non-hydrogen) atoms. The van der Waals surface area contributed by atoms with E-state index in [1.165, 1.54) is 0 Å². The van der Waals surface area contributed by atoms with Gasteiger partial charge in [0.1, 0.15) is 11.5 Å². The molecular formula is C31H44N2O5. The highest BCUT2D eigenvalue weighted by atomic mass is 16.5. The molecule has 1 heterocycles. The number of carbonyl (C=O) groups is 1. The maximum Gasteiger partial charge on any atom is 0.225 e. The van der Waals surface area contributed by atoms with Crippen molar-refractivity contribution in [1.82, 2.24) is 10.2 Å². The van der Waals surface area contributed by atoms with E-state index < -0.39 is 11.7 Å². The van der Waals surface area contributed by atoms with E-state index in [0.29, 0.717) is 44.7 Å². The van der Waals surface area contributed by atoms with E-state index in [9.17, 15) is 15.0 Å². The van der Waals surface area contributed by atoms with Crippen molar-refractivity contribution in [2.24, 2.45) is 11.8 Å². The van der Waals surface area contributed by atoms with Crippen molar-refractivity contribution < 1.29 is 24.5 Å². The van der Waals surface area contributed by atoms with Crippen molar-refractivity contribution in [1.29, 1.82) is 0 Å². The van der Waals surface area contributed by atoms with E-state index in [0.717, 1.165) is 42.6 Å². The quantitative estimate of drug-likeness (QED) is 0.378. The molecule has 2 fully saturated rings. The van der Waals surface area contributed by atoms with Gasteiger partial charge >= 0.3 is 0 Å². The number of benzene rings is 2. The number of aliphatic hydroxyl groups is 2. The summed E-state index contributed by atoms with van der Waals surface area (Å²) in [4.78, 5) is 15.5. The van der Waals surface area contributed by atoms with Crippen molar-refractivity contribution in [3.05, 3.63) is 59.7 Å². The van der Waals surface area contributed by atoms with Crippen LogP contribution < -0.4 is 10.1 Å². The number of ether oxygens (including phenoxy) is 2. The second-order valence-electron chi connectivity index (χ2n) is 11.0. The summed E-state index contributed by atoms with van der Waals surface area (Å²) in [7, 11) is 3.53. The molecule has 1 saturated carbocycles. The smallest absolute Gasteiger partial charge is 0.225 e. The first-order chi connectivity index (χ1) is 18.4. The number of hydrogen-bond acceptors (Lipinski definition) is 6. The van der Waals surface area contributed by atoms with Crippen LogP contribution in [0.25, 0.3) is 0 Å². The fraction of sp³-hybridized carbons (Fsp3) is 0.581. The highest BCUT2D eigenvalue weighted by molar-refractivity contribution is 5.79. The van der Waals surface area contributed by atoms with Gasteiger partial charge in [0.05, 0.1) is 11.7 Å². The van der Waals surface area contributed by atoms with Crippen molar-refractivity contribution >= 4 is 5.91 Å². The summed E-state index contributed by atoms with van der Waals surface area (Å²) < 4.78 is 11.7. The Balaban J connectivity index is 1.60. The van der Waals surface area contributed by atoms with Crippen LogP contribution in [0, 0.1) is 18.8 Å². The number of likely N-dealkylation sites (N-methyl/N-ethyl adjacent to an activating group) is 1. The molecule has 5 atom stereocenters. The van der Waals surface area contributed by atoms with Crippen molar-refractivity contribution in [2.75, 3.05) is 33.9 Å². The average Bonchev–Trinajstić information content (AvgIpc) is 3.32. The van der Waals surface area contributed by atoms with Gasteiger partial charge in [-0.3, -0.25) is 4.79 Å². The normalized spacial score (nSPS) is 25.2. The molecule has 0 bridgehead atoms. The number of rotatable bonds is 11. The number of piperidine rings is 1. The number of aliphatic hydroxyl groups excluding tert-OH is 1. The van der Waals surface area contributed by atoms with Gasteiger partial charge in [-0.25, -0.2) is 0 Å². The first-order valence-electron chi connectivity index (χ1n) is 14.1. The van der Waals surface area contributed by atoms with Gasteiger partial charge in [-0.05, 0) is 76.6 Å². The first kappa shape index (κ1) is 28.6. The van der Waals surface area contributed by atoms with Crippen LogP contribution in [0.5, 0.6) is 11.5 Å². The molecule has 2 aromatic rings. The Morgan fingerprint density at radius 1 is 1.11 bits per heavy atom. The lowest BCUT2D eigenvalue weighted by atomic mass is 9.73. The number of nitrogens with zero attached hydrogens (tertiary/aromatic N) is 1. The number of hydrogen-bond donors (Lipinski definition) is 3. The number of para-hydroxylation sites is 2. The maximum absolute atomic E-state index is 13.5. The molecule has 1 aliphatic heterocycles. The molecule has 1 aliphatic carbocycles. The van der Waals surface area contributed by atoms with Crippen LogP contribution in [0.1, 0.15) is 56.1 Å². The van der Waals surface area contributed by atoms with E-state index >= 15 is 0 Å². The minimum atomic E-state index is -1.16. The summed E-state index contributed by atoms with van der Waals surface area (Å²) in [6.45, 7) is 3.84. The molecule has 0 spiro atoms. The molecule has 0 aromatic heterocycles. The van der Waals surface area contributed by atoms with Gasteiger partial charge in [0, 0.05) is 50.2 Å². The Labute approximate surface area is 227 Å². The summed E-state index contributed by atoms with van der Waals surface area (Å²) in [5.74, 6) is 1.19. The van der Waals surface area contributed by atoms with Gasteiger partial charge in [0.15, 0.2) is 0 Å². The largest absolute Gasteiger partial charge is 0.457 e. The number of amides is 1. The molecule has 4 rings (SSSR count). The second kappa shape index (κ2) is 13.1. The van der Waals surface area contributed by atoms with Crippen LogP contribution >= 0.6 is 0 Å². The highest BCUT2D eigenvalue weighted by Gasteiger charge is 2.45. The van der Waals surface area contributed by atoms with Crippen LogP contribution in [0.2, 0.25) is 0 Å². The first-order valence-corrected chi connectivity index (χ1v) is 14.1. The predicted octanol–water partition coefficient (Wildman–Crippen LogP) is 4.39. The van der Waals surface area contributed by atoms with E-state index in [-0.39, 0.29) is 23.8 Å². The number of aryl methyl sites for hydroxylation is 1. The fourth-order valence-electron chi connectivity index (χ4n) is 6.26. The van der Waals surface area contributed by atoms with E-state index in [1.54, 1.807) is 7.11 Å². The minimum Gasteiger partial charge on any atom is -0.457 e. The van der Waals surface area contributed by atoms with E-state index in [1.807, 2.05) is 67.4 Å². The zero-order chi connectivity index (χ0) is 27.1. The van der Waals surface area contributed by atoms with E-state index in [4.69, 9.17) is 9.47 Å². The fourth-order valence-corrected chi connectivity index (χ4v) is 6.26. The number of methoxy groups -OCH3 is 1. The van der Waals surface area contributed by atoms with Gasteiger partial charge in [0.2, 0.25) is 5.91 Å². The van der Waals surface area contributed by atoms with Crippen molar-refractivity contribution in [3.8, 4) is 11.5 Å². The van der Waals surface area contributed by atoms with Gasteiger partial charge < -0.3 is 29.9 Å². The molecule has 3 N–H and O–H groups in total. The third-order valence-corrected chi connectivity index (χ3v) is 8.48. The van der Waals surface area contributed by atoms with Gasteiger partial charge in [0.25, 0.3) is 0 Å². The minimum absolute atomic E-state index is 0.0484. The molecule has 2 aliphatic rings. The number of unbranched alkanes of at least 4 members (excludes halogenated alkanes) is 1. The summed E-state index contributed by atoms with van der Waals surface area (Å²) in [6, 6.07) is 15.6. The highest BCUT2D eigenvalue weighted by Crippen LogP contribution is 2.45. The van der Waals surface area contributed by atoms with Gasteiger partial charge in [-0.1, -0.05) is 36.4 Å². The summed E-state index contributed by atoms with van der Waals surface area (Å²) >= 11 is 0. The lowest BCUT2D eigenvalue weighted by Crippen LogP contribution is -2.49. The summed E-state index contributed by atoms with van der Waals surface area (Å²) in [5, 5.41) is 26.0. The third kappa shape index (κ3) is 6.40. The van der Waals surface area contributed by atoms with Crippen molar-refractivity contribution in [3.63, 3.8) is 0 Å². The molecule has 0 unspecified atom stereocenters. The maximum atomic E-state index is 13.5. The zero-order valence-electron chi connectivity index (χ0n) is 23.1. The van der Waals surface area contributed by atoms with E-state index in [2.05, 4.69) is 5.32 Å². The predicted molar refractivity (Wildman–Crippen MR) is 148 cm³/mol. The van der Waals surface area contributed by atoms with Gasteiger partial charge in [-0.15, -0.1) is 0 Å². The number of carbonyl (C=O) groups excluding carboxylic acids is 1. The van der Waals surface area contributed by atoms with Crippen LogP contribution in [0.3, 0.4) is 0 Å². The Morgan fingerprint density at radius 3 is 2.55 bits per heavy atom. The monoisotopic (exact) mass is 524 g/mol. The topological polar surface area (TPSA) is 91.3 Å².